The molecule has 0 saturated carbocycles. The highest BCUT2D eigenvalue weighted by Crippen LogP contribution is 2.69. The number of nitrogens with zero attached hydrogens (tertiary/aromatic N) is 1. The quantitative estimate of drug-likeness (QED) is 0.667. The number of aromatic amines is 1. The van der Waals surface area contributed by atoms with Gasteiger partial charge < -0.3 is 15.4 Å². The first-order valence-corrected chi connectivity index (χ1v) is 9.64. The summed E-state index contributed by atoms with van der Waals surface area (Å²) in [5, 5.41) is 14.6. The predicted molar refractivity (Wildman–Crippen MR) is 89.4 cm³/mol. The number of aliphatic hydroxyl groups excluding tert-OH is 1. The maximum absolute atomic E-state index is 13.2. The zero-order chi connectivity index (χ0) is 15.8. The van der Waals surface area contributed by atoms with E-state index in [1.54, 1.807) is 0 Å². The number of fused-ring (bicyclic) bond motifs is 3. The normalized spacial score (nSPS) is 43.7. The van der Waals surface area contributed by atoms with Gasteiger partial charge in [0, 0.05) is 29.8 Å². The Morgan fingerprint density at radius 2 is 2.29 bits per heavy atom. The van der Waals surface area contributed by atoms with Gasteiger partial charge in [0.2, 0.25) is 5.78 Å². The van der Waals surface area contributed by atoms with E-state index in [1.807, 2.05) is 18.0 Å². The van der Waals surface area contributed by atoms with Gasteiger partial charge >= 0.3 is 0 Å². The Balaban J connectivity index is 1.62. The van der Waals surface area contributed by atoms with Crippen LogP contribution in [-0.2, 0) is 6.42 Å². The van der Waals surface area contributed by atoms with Crippen LogP contribution in [0.1, 0.15) is 40.5 Å². The average molecular weight is 339 g/mol. The number of Topliss-reactive ketones (excluding diaryl/α,β-unsaturated/α-hetero) is 1. The Morgan fingerprint density at radius 1 is 1.38 bits per heavy atom. The zero-order valence-electron chi connectivity index (χ0n) is 13.0. The topological polar surface area (TPSA) is 68.4 Å². The molecule has 5 unspecified atom stereocenters. The molecule has 1 aromatic heterocycles. The summed E-state index contributed by atoms with van der Waals surface area (Å²) in [7, 11) is 0. The van der Waals surface area contributed by atoms with Crippen molar-refractivity contribution in [3.63, 3.8) is 0 Å². The van der Waals surface area contributed by atoms with Gasteiger partial charge in [-0.15, -0.1) is 11.8 Å². The molecule has 122 valence electrons. The first kappa shape index (κ1) is 12.8. The molecule has 3 bridgehead atoms. The molecular weight excluding hydrogens is 322 g/mol. The number of carbonyl (C=O) groups excluding carboxylic acids is 1. The third-order valence-electron chi connectivity index (χ3n) is 7.04. The lowest BCUT2D eigenvalue weighted by molar-refractivity contribution is -0.0148. The molecule has 2 aliphatic carbocycles. The standard InChI is InChI=1S/C18H17N3O2S/c22-9-3-10-18-4-8(9)21-2-1-7-6-19-14-12(7)16(21)13(18)15(17(14)23)20-11(5-18)24-10/h3,6,8-9,11,16,19-20,22H,1-2,4-5H2. The van der Waals surface area contributed by atoms with Crippen LogP contribution in [-0.4, -0.2) is 44.8 Å². The van der Waals surface area contributed by atoms with Gasteiger partial charge in [-0.1, -0.05) is 0 Å². The molecule has 4 aliphatic heterocycles. The Labute approximate surface area is 143 Å². The molecule has 0 aromatic carbocycles. The highest BCUT2D eigenvalue weighted by atomic mass is 32.2. The number of aliphatic hydroxyl groups is 1. The molecule has 0 radical (unpaired) electrons. The lowest BCUT2D eigenvalue weighted by Gasteiger charge is -2.58. The molecule has 2 saturated heterocycles. The van der Waals surface area contributed by atoms with Gasteiger partial charge in [0.1, 0.15) is 0 Å². The van der Waals surface area contributed by atoms with E-state index in [-0.39, 0.29) is 28.7 Å². The summed E-state index contributed by atoms with van der Waals surface area (Å²) in [6, 6.07) is 0.331. The average Bonchev–Trinajstić information content (AvgIpc) is 3.11. The van der Waals surface area contributed by atoms with Crippen LogP contribution in [0.15, 0.2) is 28.4 Å². The van der Waals surface area contributed by atoms with Gasteiger partial charge in [-0.05, 0) is 41.4 Å². The summed E-state index contributed by atoms with van der Waals surface area (Å²) in [6.07, 6.45) is 6.68. The van der Waals surface area contributed by atoms with E-state index in [4.69, 9.17) is 0 Å². The second-order valence-electron chi connectivity index (χ2n) is 7.94. The number of hydrogen-bond acceptors (Lipinski definition) is 5. The second kappa shape index (κ2) is 3.69. The second-order valence-corrected chi connectivity index (χ2v) is 9.19. The van der Waals surface area contributed by atoms with Crippen molar-refractivity contribution < 1.29 is 9.90 Å². The fraction of sp³-hybridized carbons (Fsp3) is 0.500. The molecule has 5 atom stereocenters. The van der Waals surface area contributed by atoms with Gasteiger partial charge in [0.05, 0.1) is 28.9 Å². The van der Waals surface area contributed by atoms with Crippen LogP contribution >= 0.6 is 11.8 Å². The summed E-state index contributed by atoms with van der Waals surface area (Å²) in [6.45, 7) is 0.956. The maximum Gasteiger partial charge on any atom is 0.225 e. The van der Waals surface area contributed by atoms with Crippen molar-refractivity contribution in [2.45, 2.75) is 42.8 Å². The molecule has 7 rings (SSSR count). The predicted octanol–water partition coefficient (Wildman–Crippen LogP) is 1.45. The summed E-state index contributed by atoms with van der Waals surface area (Å²) in [4.78, 5) is 20.2. The highest BCUT2D eigenvalue weighted by molar-refractivity contribution is 8.04. The van der Waals surface area contributed by atoms with Gasteiger partial charge in [0.25, 0.3) is 0 Å². The van der Waals surface area contributed by atoms with Crippen molar-refractivity contribution in [3.05, 3.63) is 45.3 Å². The third kappa shape index (κ3) is 1.15. The Morgan fingerprint density at radius 3 is 3.21 bits per heavy atom. The minimum Gasteiger partial charge on any atom is -0.387 e. The molecule has 1 spiro atoms. The molecule has 0 amide bonds. The first-order valence-electron chi connectivity index (χ1n) is 8.76. The number of H-pyrrole nitrogens is 1. The fourth-order valence-corrected chi connectivity index (χ4v) is 7.75. The van der Waals surface area contributed by atoms with Crippen LogP contribution in [0, 0.1) is 5.41 Å². The van der Waals surface area contributed by atoms with Crippen molar-refractivity contribution in [1.29, 1.82) is 0 Å². The van der Waals surface area contributed by atoms with Crippen molar-refractivity contribution >= 4 is 17.5 Å². The summed E-state index contributed by atoms with van der Waals surface area (Å²) >= 11 is 1.82. The Kier molecular flexibility index (Phi) is 1.97. The monoisotopic (exact) mass is 339 g/mol. The van der Waals surface area contributed by atoms with E-state index in [0.29, 0.717) is 0 Å². The number of carbonyl (C=O) groups is 1. The van der Waals surface area contributed by atoms with Crippen LogP contribution < -0.4 is 5.32 Å². The molecule has 3 N–H and O–H groups in total. The summed E-state index contributed by atoms with van der Waals surface area (Å²) < 4.78 is 0. The maximum atomic E-state index is 13.2. The SMILES string of the molecule is O=C1C2=C3C4c5c(c[nH]c51)CCN4C1CC34CC(N2)SC4=CC1O. The van der Waals surface area contributed by atoms with Gasteiger partial charge in [-0.2, -0.15) is 0 Å². The molecule has 1 aromatic rings. The number of aromatic nitrogens is 1. The number of hydrogen-bond donors (Lipinski definition) is 3. The van der Waals surface area contributed by atoms with Crippen LogP contribution in [0.3, 0.4) is 0 Å². The van der Waals surface area contributed by atoms with Crippen molar-refractivity contribution in [2.24, 2.45) is 5.41 Å². The number of allylic oxidation sites excluding steroid dienone is 2. The molecule has 6 heteroatoms. The van der Waals surface area contributed by atoms with Crippen LogP contribution in [0.4, 0.5) is 0 Å². The number of piperidine rings is 1. The minimum absolute atomic E-state index is 0.0137. The van der Waals surface area contributed by atoms with E-state index in [9.17, 15) is 9.90 Å². The van der Waals surface area contributed by atoms with E-state index >= 15 is 0 Å². The Hall–Kier alpha value is -1.50. The van der Waals surface area contributed by atoms with E-state index < -0.39 is 6.10 Å². The van der Waals surface area contributed by atoms with Gasteiger partial charge in [-0.25, -0.2) is 0 Å². The van der Waals surface area contributed by atoms with E-state index in [2.05, 4.69) is 21.3 Å². The number of rotatable bonds is 0. The largest absolute Gasteiger partial charge is 0.387 e. The molecule has 2 fully saturated rings. The fourth-order valence-electron chi connectivity index (χ4n) is 6.18. The molecule has 5 nitrogen and oxygen atoms in total. The summed E-state index contributed by atoms with van der Waals surface area (Å²) in [5.74, 6) is 0.139. The number of thioether (sulfide) groups is 1. The first-order chi connectivity index (χ1) is 11.7. The van der Waals surface area contributed by atoms with Crippen molar-refractivity contribution in [1.82, 2.24) is 15.2 Å². The third-order valence-corrected chi connectivity index (χ3v) is 8.39. The van der Waals surface area contributed by atoms with E-state index in [1.165, 1.54) is 21.6 Å². The van der Waals surface area contributed by atoms with Crippen LogP contribution in [0.5, 0.6) is 0 Å². The molecule has 6 aliphatic rings. The lowest BCUT2D eigenvalue weighted by Crippen LogP contribution is -2.61. The summed E-state index contributed by atoms with van der Waals surface area (Å²) in [5.41, 5.74) is 5.38. The van der Waals surface area contributed by atoms with Crippen molar-refractivity contribution in [3.8, 4) is 0 Å². The number of ketones is 1. The van der Waals surface area contributed by atoms with E-state index in [0.717, 1.165) is 37.2 Å². The smallest absolute Gasteiger partial charge is 0.225 e. The minimum atomic E-state index is -0.399. The van der Waals surface area contributed by atoms with Gasteiger partial charge in [0.15, 0.2) is 0 Å². The van der Waals surface area contributed by atoms with Gasteiger partial charge in [-0.3, -0.25) is 9.69 Å². The number of nitrogens with one attached hydrogen (secondary N) is 2. The van der Waals surface area contributed by atoms with Crippen LogP contribution in [0.2, 0.25) is 0 Å². The van der Waals surface area contributed by atoms with Crippen molar-refractivity contribution in [2.75, 3.05) is 6.54 Å². The Bertz CT molecular complexity index is 915. The van der Waals surface area contributed by atoms with Crippen LogP contribution in [0.25, 0.3) is 0 Å². The zero-order valence-corrected chi connectivity index (χ0v) is 13.8. The highest BCUT2D eigenvalue weighted by Gasteiger charge is 2.64. The molecule has 24 heavy (non-hydrogen) atoms. The lowest BCUT2D eigenvalue weighted by atomic mass is 9.58. The molecule has 5 heterocycles. The molecular formula is C18H17N3O2S.